The van der Waals surface area contributed by atoms with E-state index in [-0.39, 0.29) is 12.0 Å². The number of hydrogen-bond acceptors (Lipinski definition) is 3. The van der Waals surface area contributed by atoms with Crippen molar-refractivity contribution in [1.82, 2.24) is 10.3 Å². The molecule has 2 rings (SSSR count). The van der Waals surface area contributed by atoms with Crippen LogP contribution in [0.2, 0.25) is 0 Å². The molecule has 108 valence electrons. The van der Waals surface area contributed by atoms with Gasteiger partial charge in [0, 0.05) is 42.9 Å². The fraction of sp³-hybridized carbons (Fsp3) is 0.471. The number of aliphatic hydroxyl groups is 1. The molecule has 3 nitrogen and oxygen atoms in total. The quantitative estimate of drug-likeness (QED) is 0.814. The molecule has 2 aromatic rings. The van der Waals surface area contributed by atoms with Gasteiger partial charge in [-0.2, -0.15) is 0 Å². The number of benzene rings is 1. The third-order valence-electron chi connectivity index (χ3n) is 4.40. The maximum Gasteiger partial charge on any atom is 0.0499 e. The molecule has 0 amide bonds. The molecule has 1 heterocycles. The Bertz CT molecular complexity index is 536. The molecule has 3 heteroatoms. The number of fused-ring (bicyclic) bond motifs is 1. The van der Waals surface area contributed by atoms with Gasteiger partial charge in [-0.1, -0.05) is 38.1 Å². The molecule has 20 heavy (non-hydrogen) atoms. The Hall–Kier alpha value is -1.45. The number of hydrogen-bond donors (Lipinski definition) is 2. The van der Waals surface area contributed by atoms with E-state index in [9.17, 15) is 5.11 Å². The van der Waals surface area contributed by atoms with Crippen LogP contribution in [0, 0.1) is 5.41 Å². The molecular formula is C17H24N2O. The van der Waals surface area contributed by atoms with Crippen molar-refractivity contribution >= 4 is 10.8 Å². The number of nitrogens with one attached hydrogen (secondary N) is 1. The monoisotopic (exact) mass is 272 g/mol. The van der Waals surface area contributed by atoms with E-state index in [1.807, 2.05) is 18.5 Å². The second kappa shape index (κ2) is 6.82. The van der Waals surface area contributed by atoms with E-state index in [0.29, 0.717) is 0 Å². The lowest BCUT2D eigenvalue weighted by Gasteiger charge is -2.29. The molecule has 1 aromatic heterocycles. The average molecular weight is 272 g/mol. The minimum atomic E-state index is -0.00197. The van der Waals surface area contributed by atoms with Crippen LogP contribution in [0.3, 0.4) is 0 Å². The number of nitrogens with zero attached hydrogens (tertiary/aromatic N) is 1. The predicted molar refractivity (Wildman–Crippen MR) is 83.6 cm³/mol. The fourth-order valence-electron chi connectivity index (χ4n) is 2.56. The third kappa shape index (κ3) is 3.17. The van der Waals surface area contributed by atoms with Gasteiger partial charge in [-0.25, -0.2) is 0 Å². The zero-order valence-corrected chi connectivity index (χ0v) is 12.4. The number of aliphatic hydroxyl groups excluding tert-OH is 1. The van der Waals surface area contributed by atoms with Gasteiger partial charge < -0.3 is 10.4 Å². The van der Waals surface area contributed by atoms with Crippen molar-refractivity contribution in [3.63, 3.8) is 0 Å². The van der Waals surface area contributed by atoms with Crippen LogP contribution in [0.15, 0.2) is 36.7 Å². The predicted octanol–water partition coefficient (Wildman–Crippen LogP) is 3.12. The van der Waals surface area contributed by atoms with Crippen molar-refractivity contribution in [3.05, 3.63) is 42.2 Å². The minimum absolute atomic E-state index is 0.00197. The molecule has 1 aromatic carbocycles. The van der Waals surface area contributed by atoms with E-state index >= 15 is 0 Å². The Balaban J connectivity index is 2.06. The van der Waals surface area contributed by atoms with E-state index in [1.54, 1.807) is 0 Å². The Labute approximate surface area is 121 Å². The second-order valence-corrected chi connectivity index (χ2v) is 5.49. The molecule has 0 radical (unpaired) electrons. The zero-order valence-electron chi connectivity index (χ0n) is 12.4. The first-order valence-corrected chi connectivity index (χ1v) is 7.38. The molecule has 0 aliphatic carbocycles. The SMILES string of the molecule is CCC(CC)(CO)CNCc1cncc2ccccc12. The van der Waals surface area contributed by atoms with Gasteiger partial charge in [0.2, 0.25) is 0 Å². The van der Waals surface area contributed by atoms with Crippen molar-refractivity contribution in [2.45, 2.75) is 33.2 Å². The molecule has 0 spiro atoms. The normalized spacial score (nSPS) is 11.9. The molecule has 0 bridgehead atoms. The summed E-state index contributed by atoms with van der Waals surface area (Å²) < 4.78 is 0. The highest BCUT2D eigenvalue weighted by Crippen LogP contribution is 2.24. The Morgan fingerprint density at radius 2 is 1.90 bits per heavy atom. The van der Waals surface area contributed by atoms with Gasteiger partial charge in [-0.3, -0.25) is 4.98 Å². The molecule has 2 N–H and O–H groups in total. The van der Waals surface area contributed by atoms with Crippen LogP contribution in [0.1, 0.15) is 32.3 Å². The lowest BCUT2D eigenvalue weighted by Crippen LogP contribution is -2.36. The summed E-state index contributed by atoms with van der Waals surface area (Å²) in [6, 6.07) is 8.31. The average Bonchev–Trinajstić information content (AvgIpc) is 2.52. The Kier molecular flexibility index (Phi) is 5.10. The molecule has 0 saturated heterocycles. The molecule has 0 aliphatic heterocycles. The summed E-state index contributed by atoms with van der Waals surface area (Å²) >= 11 is 0. The van der Waals surface area contributed by atoms with Crippen LogP contribution in [0.5, 0.6) is 0 Å². The summed E-state index contributed by atoms with van der Waals surface area (Å²) in [5.41, 5.74) is 1.21. The summed E-state index contributed by atoms with van der Waals surface area (Å²) in [7, 11) is 0. The smallest absolute Gasteiger partial charge is 0.0499 e. The van der Waals surface area contributed by atoms with Crippen LogP contribution in [-0.4, -0.2) is 23.2 Å². The number of rotatable bonds is 7. The van der Waals surface area contributed by atoms with Gasteiger partial charge >= 0.3 is 0 Å². The second-order valence-electron chi connectivity index (χ2n) is 5.49. The molecule has 0 unspecified atom stereocenters. The van der Waals surface area contributed by atoms with Crippen LogP contribution in [0.4, 0.5) is 0 Å². The van der Waals surface area contributed by atoms with E-state index in [0.717, 1.165) is 25.9 Å². The lowest BCUT2D eigenvalue weighted by atomic mass is 9.83. The first-order chi connectivity index (χ1) is 9.74. The number of aromatic nitrogens is 1. The van der Waals surface area contributed by atoms with E-state index in [2.05, 4.69) is 42.3 Å². The van der Waals surface area contributed by atoms with Gasteiger partial charge in [0.1, 0.15) is 0 Å². The van der Waals surface area contributed by atoms with Gasteiger partial charge in [0.25, 0.3) is 0 Å². The molecule has 0 aliphatic rings. The first kappa shape index (κ1) is 14.9. The Morgan fingerprint density at radius 3 is 2.60 bits per heavy atom. The van der Waals surface area contributed by atoms with E-state index in [1.165, 1.54) is 16.3 Å². The highest BCUT2D eigenvalue weighted by atomic mass is 16.3. The van der Waals surface area contributed by atoms with E-state index in [4.69, 9.17) is 0 Å². The molecule has 0 atom stereocenters. The first-order valence-electron chi connectivity index (χ1n) is 7.38. The highest BCUT2D eigenvalue weighted by Gasteiger charge is 2.24. The summed E-state index contributed by atoms with van der Waals surface area (Å²) in [6.45, 7) is 6.14. The zero-order chi connectivity index (χ0) is 14.4. The van der Waals surface area contributed by atoms with Crippen LogP contribution >= 0.6 is 0 Å². The van der Waals surface area contributed by atoms with Gasteiger partial charge in [-0.15, -0.1) is 0 Å². The summed E-state index contributed by atoms with van der Waals surface area (Å²) in [4.78, 5) is 4.30. The van der Waals surface area contributed by atoms with Gasteiger partial charge in [0.05, 0.1) is 0 Å². The molecular weight excluding hydrogens is 248 g/mol. The van der Waals surface area contributed by atoms with Crippen LogP contribution in [0.25, 0.3) is 10.8 Å². The van der Waals surface area contributed by atoms with Gasteiger partial charge in [0.15, 0.2) is 0 Å². The van der Waals surface area contributed by atoms with E-state index < -0.39 is 0 Å². The van der Waals surface area contributed by atoms with Crippen molar-refractivity contribution in [1.29, 1.82) is 0 Å². The topological polar surface area (TPSA) is 45.1 Å². The van der Waals surface area contributed by atoms with Crippen molar-refractivity contribution in [2.75, 3.05) is 13.2 Å². The summed E-state index contributed by atoms with van der Waals surface area (Å²) in [5, 5.41) is 15.5. The summed E-state index contributed by atoms with van der Waals surface area (Å²) in [6.07, 6.45) is 5.80. The fourth-order valence-corrected chi connectivity index (χ4v) is 2.56. The van der Waals surface area contributed by atoms with Crippen LogP contribution < -0.4 is 5.32 Å². The van der Waals surface area contributed by atoms with Crippen molar-refractivity contribution in [2.24, 2.45) is 5.41 Å². The third-order valence-corrected chi connectivity index (χ3v) is 4.40. The molecule has 0 saturated carbocycles. The maximum absolute atomic E-state index is 9.59. The lowest BCUT2D eigenvalue weighted by molar-refractivity contribution is 0.113. The van der Waals surface area contributed by atoms with Gasteiger partial charge in [-0.05, 0) is 23.8 Å². The Morgan fingerprint density at radius 1 is 1.15 bits per heavy atom. The van der Waals surface area contributed by atoms with Crippen LogP contribution in [-0.2, 0) is 6.54 Å². The number of pyridine rings is 1. The largest absolute Gasteiger partial charge is 0.396 e. The molecule has 0 fully saturated rings. The maximum atomic E-state index is 9.59. The standard InChI is InChI=1S/C17H24N2O/c1-3-17(4-2,13-20)12-19-11-15-10-18-9-14-7-5-6-8-16(14)15/h5-10,19-20H,3-4,11-13H2,1-2H3. The summed E-state index contributed by atoms with van der Waals surface area (Å²) in [5.74, 6) is 0. The highest BCUT2D eigenvalue weighted by molar-refractivity contribution is 5.84. The minimum Gasteiger partial charge on any atom is -0.396 e. The van der Waals surface area contributed by atoms with Crippen molar-refractivity contribution < 1.29 is 5.11 Å². The van der Waals surface area contributed by atoms with Crippen molar-refractivity contribution in [3.8, 4) is 0 Å².